The van der Waals surface area contributed by atoms with Crippen LogP contribution in [0.1, 0.15) is 47.7 Å². The van der Waals surface area contributed by atoms with Gasteiger partial charge in [-0.3, -0.25) is 0 Å². The molecule has 2 aromatic heterocycles. The number of nitrogens with two attached hydrogens (primary N) is 1. The van der Waals surface area contributed by atoms with Gasteiger partial charge in [-0.2, -0.15) is 5.10 Å². The molecule has 3 rings (SSSR count). The van der Waals surface area contributed by atoms with E-state index >= 15 is 0 Å². The predicted molar refractivity (Wildman–Crippen MR) is 69.9 cm³/mol. The number of hydrogen-bond acceptors (Lipinski definition) is 5. The van der Waals surface area contributed by atoms with E-state index in [1.54, 1.807) is 4.52 Å². The van der Waals surface area contributed by atoms with Crippen molar-refractivity contribution in [1.82, 2.24) is 14.6 Å². The predicted octanol–water partition coefficient (Wildman–Crippen LogP) is 1.76. The van der Waals surface area contributed by atoms with E-state index in [-0.39, 0.29) is 0 Å². The first-order chi connectivity index (χ1) is 9.22. The van der Waals surface area contributed by atoms with Gasteiger partial charge in [0.1, 0.15) is 11.8 Å². The Kier molecular flexibility index (Phi) is 2.85. The summed E-state index contributed by atoms with van der Waals surface area (Å²) in [6.45, 7) is 0. The maximum absolute atomic E-state index is 11.9. The molecular weight excluding hydrogens is 244 g/mol. The number of aromatic nitrogens is 3. The first-order valence-electron chi connectivity index (χ1n) is 6.42. The zero-order valence-corrected chi connectivity index (χ0v) is 10.8. The van der Waals surface area contributed by atoms with Crippen molar-refractivity contribution < 1.29 is 9.53 Å². The number of fused-ring (bicyclic) bond motifs is 1. The highest BCUT2D eigenvalue weighted by molar-refractivity contribution is 6.00. The Balaban J connectivity index is 2.23. The molecule has 0 atom stereocenters. The van der Waals surface area contributed by atoms with E-state index in [0.29, 0.717) is 22.8 Å². The second-order valence-electron chi connectivity index (χ2n) is 4.86. The molecule has 0 spiro atoms. The smallest absolute Gasteiger partial charge is 0.340 e. The highest BCUT2D eigenvalue weighted by Gasteiger charge is 2.26. The Labute approximate surface area is 110 Å². The molecule has 6 heteroatoms. The number of nitrogens with zero attached hydrogens (tertiary/aromatic N) is 3. The van der Waals surface area contributed by atoms with Crippen molar-refractivity contribution in [3.8, 4) is 0 Å². The van der Waals surface area contributed by atoms with Crippen LogP contribution in [0.5, 0.6) is 0 Å². The molecule has 1 saturated carbocycles. The second kappa shape index (κ2) is 4.53. The van der Waals surface area contributed by atoms with Crippen LogP contribution in [0.3, 0.4) is 0 Å². The number of nitrogen functional groups attached to an aromatic ring is 1. The monoisotopic (exact) mass is 260 g/mol. The van der Waals surface area contributed by atoms with Crippen molar-refractivity contribution in [2.45, 2.75) is 31.6 Å². The van der Waals surface area contributed by atoms with E-state index in [2.05, 4.69) is 10.1 Å². The third kappa shape index (κ3) is 1.83. The molecule has 19 heavy (non-hydrogen) atoms. The van der Waals surface area contributed by atoms with Crippen molar-refractivity contribution in [2.75, 3.05) is 12.8 Å². The minimum absolute atomic E-state index is 0.305. The minimum Gasteiger partial charge on any atom is -0.465 e. The topological polar surface area (TPSA) is 82.5 Å². The normalized spacial score (nSPS) is 16.1. The van der Waals surface area contributed by atoms with Crippen LogP contribution in [0.4, 0.5) is 5.82 Å². The number of carbonyl (C=O) groups excluding carboxylic acids is 1. The molecule has 2 heterocycles. The molecule has 6 nitrogen and oxygen atoms in total. The van der Waals surface area contributed by atoms with Crippen molar-refractivity contribution >= 4 is 17.3 Å². The van der Waals surface area contributed by atoms with Gasteiger partial charge < -0.3 is 10.5 Å². The fourth-order valence-electron chi connectivity index (χ4n) is 2.87. The van der Waals surface area contributed by atoms with E-state index < -0.39 is 5.97 Å². The first kappa shape index (κ1) is 12.0. The molecule has 1 aliphatic carbocycles. The lowest BCUT2D eigenvalue weighted by molar-refractivity contribution is 0.0603. The molecule has 0 saturated heterocycles. The third-order valence-corrected chi connectivity index (χ3v) is 3.79. The summed E-state index contributed by atoms with van der Waals surface area (Å²) in [6, 6.07) is 1.85. The van der Waals surface area contributed by atoms with Gasteiger partial charge in [-0.15, -0.1) is 0 Å². The molecule has 2 aromatic rings. The average Bonchev–Trinajstić information content (AvgIpc) is 3.05. The molecular formula is C13H16N4O2. The Morgan fingerprint density at radius 1 is 1.47 bits per heavy atom. The van der Waals surface area contributed by atoms with Gasteiger partial charge in [0.25, 0.3) is 0 Å². The largest absolute Gasteiger partial charge is 0.465 e. The van der Waals surface area contributed by atoms with Crippen molar-refractivity contribution in [3.63, 3.8) is 0 Å². The maximum Gasteiger partial charge on any atom is 0.340 e. The van der Waals surface area contributed by atoms with Crippen molar-refractivity contribution in [1.29, 1.82) is 0 Å². The van der Waals surface area contributed by atoms with Crippen LogP contribution in [-0.2, 0) is 4.74 Å². The van der Waals surface area contributed by atoms with Gasteiger partial charge >= 0.3 is 5.97 Å². The standard InChI is InChI=1S/C13H16N4O2/c1-19-13(18)9-6-10(8-4-2-3-5-8)17-11(9)12(14)15-7-16-17/h6-8H,2-5H2,1H3,(H2,14,15,16). The fraction of sp³-hybridized carbons (Fsp3) is 0.462. The molecule has 1 fully saturated rings. The average molecular weight is 260 g/mol. The summed E-state index contributed by atoms with van der Waals surface area (Å²) in [7, 11) is 1.36. The number of hydrogen-bond donors (Lipinski definition) is 1. The molecule has 0 bridgehead atoms. The Morgan fingerprint density at radius 3 is 2.89 bits per heavy atom. The fourth-order valence-corrected chi connectivity index (χ4v) is 2.87. The van der Waals surface area contributed by atoms with E-state index in [1.807, 2.05) is 6.07 Å². The zero-order chi connectivity index (χ0) is 13.4. The summed E-state index contributed by atoms with van der Waals surface area (Å²) >= 11 is 0. The molecule has 0 unspecified atom stereocenters. The van der Waals surface area contributed by atoms with Crippen LogP contribution < -0.4 is 5.73 Å². The van der Waals surface area contributed by atoms with E-state index in [9.17, 15) is 4.79 Å². The van der Waals surface area contributed by atoms with Crippen molar-refractivity contribution in [3.05, 3.63) is 23.7 Å². The number of methoxy groups -OCH3 is 1. The summed E-state index contributed by atoms with van der Waals surface area (Å²) in [5.74, 6) is 0.336. The summed E-state index contributed by atoms with van der Waals surface area (Å²) < 4.78 is 6.55. The van der Waals surface area contributed by atoms with Gasteiger partial charge in [0.05, 0.1) is 12.7 Å². The van der Waals surface area contributed by atoms with E-state index in [0.717, 1.165) is 18.5 Å². The van der Waals surface area contributed by atoms with Gasteiger partial charge in [-0.1, -0.05) is 12.8 Å². The summed E-state index contributed by atoms with van der Waals surface area (Å²) in [5.41, 5.74) is 7.91. The van der Waals surface area contributed by atoms with Gasteiger partial charge in [0.15, 0.2) is 5.82 Å². The van der Waals surface area contributed by atoms with Gasteiger partial charge in [0, 0.05) is 11.6 Å². The lowest BCUT2D eigenvalue weighted by Crippen LogP contribution is -2.06. The number of carbonyl (C=O) groups is 1. The Morgan fingerprint density at radius 2 is 2.21 bits per heavy atom. The van der Waals surface area contributed by atoms with Crippen LogP contribution >= 0.6 is 0 Å². The Hall–Kier alpha value is -2.11. The Bertz CT molecular complexity index is 629. The van der Waals surface area contributed by atoms with Crippen LogP contribution in [0, 0.1) is 0 Å². The van der Waals surface area contributed by atoms with Gasteiger partial charge in [-0.05, 0) is 18.9 Å². The zero-order valence-electron chi connectivity index (χ0n) is 10.8. The minimum atomic E-state index is -0.400. The number of rotatable bonds is 2. The lowest BCUT2D eigenvalue weighted by atomic mass is 10.0. The van der Waals surface area contributed by atoms with E-state index in [4.69, 9.17) is 10.5 Å². The van der Waals surface area contributed by atoms with Crippen LogP contribution in [0.15, 0.2) is 12.4 Å². The van der Waals surface area contributed by atoms with Crippen LogP contribution in [0.25, 0.3) is 5.52 Å². The SMILES string of the molecule is COC(=O)c1cc(C2CCCC2)n2ncnc(N)c12. The maximum atomic E-state index is 11.9. The van der Waals surface area contributed by atoms with Crippen LogP contribution in [0.2, 0.25) is 0 Å². The number of anilines is 1. The third-order valence-electron chi connectivity index (χ3n) is 3.79. The molecule has 2 N–H and O–H groups in total. The first-order valence-corrected chi connectivity index (χ1v) is 6.42. The van der Waals surface area contributed by atoms with E-state index in [1.165, 1.54) is 26.3 Å². The van der Waals surface area contributed by atoms with Gasteiger partial charge in [0.2, 0.25) is 0 Å². The quantitative estimate of drug-likeness (QED) is 0.832. The highest BCUT2D eigenvalue weighted by atomic mass is 16.5. The molecule has 0 aromatic carbocycles. The number of esters is 1. The second-order valence-corrected chi connectivity index (χ2v) is 4.86. The summed E-state index contributed by atoms with van der Waals surface area (Å²) in [4.78, 5) is 15.8. The molecule has 0 aliphatic heterocycles. The van der Waals surface area contributed by atoms with Crippen molar-refractivity contribution in [2.24, 2.45) is 0 Å². The summed E-state index contributed by atoms with van der Waals surface area (Å²) in [6.07, 6.45) is 6.09. The highest BCUT2D eigenvalue weighted by Crippen LogP contribution is 2.36. The molecule has 1 aliphatic rings. The summed E-state index contributed by atoms with van der Waals surface area (Å²) in [5, 5.41) is 4.24. The molecule has 100 valence electrons. The lowest BCUT2D eigenvalue weighted by Gasteiger charge is -2.08. The molecule has 0 radical (unpaired) electrons. The molecule has 0 amide bonds. The number of ether oxygens (including phenoxy) is 1. The van der Waals surface area contributed by atoms with Gasteiger partial charge in [-0.25, -0.2) is 14.3 Å². The van der Waals surface area contributed by atoms with Crippen LogP contribution in [-0.4, -0.2) is 27.7 Å².